The Balaban J connectivity index is 2.26. The van der Waals surface area contributed by atoms with Crippen LogP contribution in [0.2, 0.25) is 0 Å². The zero-order chi connectivity index (χ0) is 18.2. The van der Waals surface area contributed by atoms with Gasteiger partial charge in [0.2, 0.25) is 0 Å². The molecule has 7 nitrogen and oxygen atoms in total. The summed E-state index contributed by atoms with van der Waals surface area (Å²) in [5.41, 5.74) is 7.64. The largest absolute Gasteiger partial charge is 0.366 e. The first-order valence-electron chi connectivity index (χ1n) is 8.19. The molecule has 0 fully saturated rings. The van der Waals surface area contributed by atoms with Gasteiger partial charge < -0.3 is 10.7 Å². The second kappa shape index (κ2) is 6.27. The number of amides is 1. The Hall–Kier alpha value is -2.77. The fraction of sp³-hybridized carbons (Fsp3) is 0.412. The second-order valence-corrected chi connectivity index (χ2v) is 6.57. The number of halogens is 1. The van der Waals surface area contributed by atoms with Crippen molar-refractivity contribution in [1.29, 1.82) is 0 Å². The molecule has 2 aromatic heterocycles. The Morgan fingerprint density at radius 1 is 1.44 bits per heavy atom. The highest BCUT2D eigenvalue weighted by Gasteiger charge is 2.31. The Kier molecular flexibility index (Phi) is 4.28. The molecule has 1 amide bonds. The maximum Gasteiger partial charge on any atom is 0.251 e. The minimum atomic E-state index is -0.719. The fourth-order valence-corrected chi connectivity index (χ4v) is 3.56. The number of carbonyl (C=O) groups excluding carboxylic acids is 1. The van der Waals surface area contributed by atoms with Crippen LogP contribution in [0.25, 0.3) is 16.7 Å². The van der Waals surface area contributed by atoms with Gasteiger partial charge in [0, 0.05) is 5.56 Å². The van der Waals surface area contributed by atoms with E-state index in [1.54, 1.807) is 10.7 Å². The average Bonchev–Trinajstić information content (AvgIpc) is 3.11. The summed E-state index contributed by atoms with van der Waals surface area (Å²) in [4.78, 5) is 25.5. The number of primary amides is 1. The SMILES string of the molecule is CCCC(C)(CCN=O)c1cnn2c1[nH]c1cc(F)cc(C(N)=O)c12. The maximum absolute atomic E-state index is 13.8. The molecule has 1 unspecified atom stereocenters. The summed E-state index contributed by atoms with van der Waals surface area (Å²) in [6.07, 6.45) is 4.07. The van der Waals surface area contributed by atoms with Crippen LogP contribution in [-0.4, -0.2) is 27.0 Å². The number of nitrogens with one attached hydrogen (secondary N) is 1. The molecule has 0 aliphatic heterocycles. The molecule has 0 aliphatic rings. The number of imidazole rings is 1. The molecule has 0 aliphatic carbocycles. The van der Waals surface area contributed by atoms with Crippen molar-refractivity contribution in [2.75, 3.05) is 6.54 Å². The summed E-state index contributed by atoms with van der Waals surface area (Å²) in [6.45, 7) is 4.33. The second-order valence-electron chi connectivity index (χ2n) is 6.57. The van der Waals surface area contributed by atoms with Crippen LogP contribution in [0.5, 0.6) is 0 Å². The highest BCUT2D eigenvalue weighted by molar-refractivity contribution is 6.05. The van der Waals surface area contributed by atoms with Gasteiger partial charge in [-0.2, -0.15) is 10.0 Å². The summed E-state index contributed by atoms with van der Waals surface area (Å²) in [5, 5.41) is 7.37. The summed E-state index contributed by atoms with van der Waals surface area (Å²) in [7, 11) is 0. The monoisotopic (exact) mass is 345 g/mol. The number of nitrogens with zero attached hydrogens (tertiary/aromatic N) is 3. The number of aromatic nitrogens is 3. The first-order valence-corrected chi connectivity index (χ1v) is 8.19. The molecule has 0 saturated carbocycles. The number of aromatic amines is 1. The van der Waals surface area contributed by atoms with E-state index in [-0.39, 0.29) is 17.5 Å². The van der Waals surface area contributed by atoms with Gasteiger partial charge in [0.05, 0.1) is 23.8 Å². The fourth-order valence-electron chi connectivity index (χ4n) is 3.56. The molecule has 3 aromatic rings. The van der Waals surface area contributed by atoms with E-state index in [1.165, 1.54) is 6.07 Å². The lowest BCUT2D eigenvalue weighted by Crippen LogP contribution is -2.23. The van der Waals surface area contributed by atoms with E-state index in [4.69, 9.17) is 5.73 Å². The van der Waals surface area contributed by atoms with E-state index in [2.05, 4.69) is 29.1 Å². The molecule has 1 atom stereocenters. The number of benzene rings is 1. The van der Waals surface area contributed by atoms with Gasteiger partial charge in [0.25, 0.3) is 5.91 Å². The maximum atomic E-state index is 13.8. The lowest BCUT2D eigenvalue weighted by Gasteiger charge is -2.27. The zero-order valence-corrected chi connectivity index (χ0v) is 14.2. The molecule has 132 valence electrons. The van der Waals surface area contributed by atoms with Gasteiger partial charge in [-0.25, -0.2) is 8.91 Å². The van der Waals surface area contributed by atoms with Crippen molar-refractivity contribution in [2.24, 2.45) is 10.9 Å². The predicted molar refractivity (Wildman–Crippen MR) is 93.1 cm³/mol. The molecule has 0 bridgehead atoms. The first-order chi connectivity index (χ1) is 11.9. The summed E-state index contributed by atoms with van der Waals surface area (Å²) >= 11 is 0. The van der Waals surface area contributed by atoms with E-state index >= 15 is 0 Å². The molecule has 0 spiro atoms. The van der Waals surface area contributed by atoms with Crippen LogP contribution < -0.4 is 5.73 Å². The Bertz CT molecular complexity index is 961. The van der Waals surface area contributed by atoms with Gasteiger partial charge in [-0.15, -0.1) is 0 Å². The van der Waals surface area contributed by atoms with Crippen LogP contribution in [0.15, 0.2) is 23.5 Å². The number of hydrogen-bond acceptors (Lipinski definition) is 4. The topological polar surface area (TPSA) is 106 Å². The highest BCUT2D eigenvalue weighted by atomic mass is 19.1. The number of rotatable bonds is 7. The van der Waals surface area contributed by atoms with Crippen molar-refractivity contribution in [2.45, 2.75) is 38.5 Å². The lowest BCUT2D eigenvalue weighted by atomic mass is 9.77. The van der Waals surface area contributed by atoms with Crippen molar-refractivity contribution < 1.29 is 9.18 Å². The number of fused-ring (bicyclic) bond motifs is 3. The zero-order valence-electron chi connectivity index (χ0n) is 14.2. The third-order valence-electron chi connectivity index (χ3n) is 4.78. The van der Waals surface area contributed by atoms with Gasteiger partial charge in [0.15, 0.2) is 0 Å². The number of nitroso groups, excluding NO2 is 1. The molecule has 0 saturated heterocycles. The predicted octanol–water partition coefficient (Wildman–Crippen LogP) is 3.27. The molecular weight excluding hydrogens is 325 g/mol. The molecule has 1 aromatic carbocycles. The smallest absolute Gasteiger partial charge is 0.251 e. The van der Waals surface area contributed by atoms with Crippen LogP contribution in [0.3, 0.4) is 0 Å². The van der Waals surface area contributed by atoms with Crippen molar-refractivity contribution >= 4 is 22.6 Å². The number of nitrogens with two attached hydrogens (primary N) is 1. The molecule has 2 heterocycles. The van der Waals surface area contributed by atoms with Crippen LogP contribution in [0.4, 0.5) is 4.39 Å². The van der Waals surface area contributed by atoms with E-state index in [1.807, 2.05) is 0 Å². The minimum Gasteiger partial charge on any atom is -0.366 e. The minimum absolute atomic E-state index is 0.0719. The first kappa shape index (κ1) is 17.1. The summed E-state index contributed by atoms with van der Waals surface area (Å²) in [5.74, 6) is -1.27. The molecule has 8 heteroatoms. The van der Waals surface area contributed by atoms with Gasteiger partial charge in [-0.05, 0) is 30.4 Å². The Morgan fingerprint density at radius 3 is 2.84 bits per heavy atom. The van der Waals surface area contributed by atoms with Crippen molar-refractivity contribution in [1.82, 2.24) is 14.6 Å². The third-order valence-corrected chi connectivity index (χ3v) is 4.78. The van der Waals surface area contributed by atoms with Gasteiger partial charge in [-0.3, -0.25) is 4.79 Å². The molecule has 3 N–H and O–H groups in total. The van der Waals surface area contributed by atoms with Crippen LogP contribution >= 0.6 is 0 Å². The van der Waals surface area contributed by atoms with Crippen LogP contribution in [0, 0.1) is 10.7 Å². The average molecular weight is 345 g/mol. The number of H-pyrrole nitrogens is 1. The normalized spacial score (nSPS) is 14.0. The Labute approximate surface area is 143 Å². The standard InChI is InChI=1S/C17H20FN5O2/c1-3-4-17(2,5-6-21-25)12-9-20-23-14-11(15(19)24)7-10(18)8-13(14)22-16(12)23/h7-9,22H,3-6H2,1-2H3,(H2,19,24). The molecule has 25 heavy (non-hydrogen) atoms. The van der Waals surface area contributed by atoms with Crippen LogP contribution in [0.1, 0.15) is 49.0 Å². The molecule has 3 rings (SSSR count). The van der Waals surface area contributed by atoms with Gasteiger partial charge >= 0.3 is 0 Å². The van der Waals surface area contributed by atoms with Crippen molar-refractivity contribution in [3.05, 3.63) is 40.2 Å². The summed E-state index contributed by atoms with van der Waals surface area (Å²) in [6, 6.07) is 2.42. The van der Waals surface area contributed by atoms with Crippen LogP contribution in [-0.2, 0) is 5.41 Å². The molecule has 0 radical (unpaired) electrons. The third kappa shape index (κ3) is 2.77. The van der Waals surface area contributed by atoms with E-state index in [0.717, 1.165) is 24.5 Å². The lowest BCUT2D eigenvalue weighted by molar-refractivity contribution is 0.100. The van der Waals surface area contributed by atoms with Crippen molar-refractivity contribution in [3.63, 3.8) is 0 Å². The van der Waals surface area contributed by atoms with E-state index < -0.39 is 11.7 Å². The molecular formula is C17H20FN5O2. The quantitative estimate of drug-likeness (QED) is 0.642. The summed E-state index contributed by atoms with van der Waals surface area (Å²) < 4.78 is 15.4. The number of hydrogen-bond donors (Lipinski definition) is 2. The van der Waals surface area contributed by atoms with E-state index in [9.17, 15) is 14.1 Å². The Morgan fingerprint density at radius 2 is 2.20 bits per heavy atom. The van der Waals surface area contributed by atoms with E-state index in [0.29, 0.717) is 23.1 Å². The van der Waals surface area contributed by atoms with Crippen molar-refractivity contribution in [3.8, 4) is 0 Å². The number of carbonyl (C=O) groups is 1. The van der Waals surface area contributed by atoms with Gasteiger partial charge in [0.1, 0.15) is 17.0 Å². The highest BCUT2D eigenvalue weighted by Crippen LogP contribution is 2.36. The van der Waals surface area contributed by atoms with Gasteiger partial charge in [-0.1, -0.05) is 25.4 Å².